The summed E-state index contributed by atoms with van der Waals surface area (Å²) in [6.07, 6.45) is 6.50. The van der Waals surface area contributed by atoms with Gasteiger partial charge in [0.05, 0.1) is 18.9 Å². The molecule has 0 aliphatic carbocycles. The summed E-state index contributed by atoms with van der Waals surface area (Å²) in [5, 5.41) is 12.0. The van der Waals surface area contributed by atoms with Crippen molar-refractivity contribution >= 4 is 23.5 Å². The minimum atomic E-state index is -0.0314. The van der Waals surface area contributed by atoms with Crippen LogP contribution in [0.4, 0.5) is 5.69 Å². The van der Waals surface area contributed by atoms with Crippen LogP contribution in [0.1, 0.15) is 57.4 Å². The zero-order valence-corrected chi connectivity index (χ0v) is 18.4. The van der Waals surface area contributed by atoms with Gasteiger partial charge in [-0.1, -0.05) is 26.2 Å². The molecule has 2 amide bonds. The monoisotopic (exact) mass is 430 g/mol. The molecule has 3 rings (SSSR count). The molecule has 0 unspecified atom stereocenters. The van der Waals surface area contributed by atoms with E-state index in [9.17, 15) is 14.7 Å². The Morgan fingerprint density at radius 3 is 2.87 bits per heavy atom. The first-order valence-electron chi connectivity index (χ1n) is 11.4. The van der Waals surface area contributed by atoms with Crippen LogP contribution < -0.4 is 10.1 Å². The van der Waals surface area contributed by atoms with E-state index in [1.54, 1.807) is 4.90 Å². The van der Waals surface area contributed by atoms with Crippen LogP contribution in [-0.2, 0) is 16.1 Å². The smallest absolute Gasteiger partial charge is 0.246 e. The number of aliphatic hydroxyl groups is 1. The number of hydrogen-bond acceptors (Lipinski definition) is 6. The van der Waals surface area contributed by atoms with Crippen LogP contribution in [-0.4, -0.2) is 65.5 Å². The largest absolute Gasteiger partial charge is 0.494 e. The summed E-state index contributed by atoms with van der Waals surface area (Å²) in [6.45, 7) is 4.84. The fourth-order valence-corrected chi connectivity index (χ4v) is 3.87. The molecular formula is C23H34N4O4. The van der Waals surface area contributed by atoms with Crippen LogP contribution in [0.2, 0.25) is 0 Å². The lowest BCUT2D eigenvalue weighted by atomic mass is 10.1. The zero-order valence-electron chi connectivity index (χ0n) is 18.4. The van der Waals surface area contributed by atoms with E-state index in [1.165, 1.54) is 12.8 Å². The highest BCUT2D eigenvalue weighted by molar-refractivity contribution is 6.05. The molecule has 2 heterocycles. The quantitative estimate of drug-likeness (QED) is 0.469. The summed E-state index contributed by atoms with van der Waals surface area (Å²) < 4.78 is 5.87. The maximum atomic E-state index is 12.4. The number of ether oxygens (including phenoxy) is 1. The lowest BCUT2D eigenvalue weighted by Crippen LogP contribution is -2.34. The van der Waals surface area contributed by atoms with Crippen molar-refractivity contribution in [2.75, 3.05) is 32.8 Å². The van der Waals surface area contributed by atoms with Gasteiger partial charge in [-0.3, -0.25) is 14.9 Å². The maximum Gasteiger partial charge on any atom is 0.246 e. The third-order valence-electron chi connectivity index (χ3n) is 5.58. The molecule has 1 aromatic rings. The number of carbonyl (C=O) groups excluding carboxylic acids is 2. The molecule has 2 aliphatic heterocycles. The number of amides is 2. The highest BCUT2D eigenvalue weighted by Gasteiger charge is 2.29. The Hall–Kier alpha value is -2.61. The third-order valence-corrected chi connectivity index (χ3v) is 5.58. The predicted molar refractivity (Wildman–Crippen MR) is 119 cm³/mol. The van der Waals surface area contributed by atoms with Gasteiger partial charge in [0.15, 0.2) is 0 Å². The minimum Gasteiger partial charge on any atom is -0.494 e. The highest BCUT2D eigenvalue weighted by atomic mass is 16.5. The van der Waals surface area contributed by atoms with Crippen molar-refractivity contribution in [2.24, 2.45) is 4.99 Å². The first-order valence-corrected chi connectivity index (χ1v) is 11.4. The molecule has 0 aromatic heterocycles. The third kappa shape index (κ3) is 6.69. The van der Waals surface area contributed by atoms with Crippen molar-refractivity contribution in [1.29, 1.82) is 0 Å². The molecule has 0 spiro atoms. The van der Waals surface area contributed by atoms with Gasteiger partial charge in [-0.25, -0.2) is 4.99 Å². The highest BCUT2D eigenvalue weighted by Crippen LogP contribution is 2.30. The van der Waals surface area contributed by atoms with Crippen LogP contribution in [0.5, 0.6) is 5.75 Å². The summed E-state index contributed by atoms with van der Waals surface area (Å²) in [4.78, 5) is 32.2. The number of guanidine groups is 1. The molecule has 1 aromatic carbocycles. The van der Waals surface area contributed by atoms with Crippen molar-refractivity contribution in [1.82, 2.24) is 15.1 Å². The van der Waals surface area contributed by atoms with Crippen LogP contribution in [0.25, 0.3) is 0 Å². The summed E-state index contributed by atoms with van der Waals surface area (Å²) in [5.41, 5.74) is 1.89. The van der Waals surface area contributed by atoms with Crippen LogP contribution in [0.15, 0.2) is 23.2 Å². The first-order chi connectivity index (χ1) is 15.1. The number of nitrogens with zero attached hydrogens (tertiary/aromatic N) is 3. The molecule has 0 bridgehead atoms. The molecule has 0 saturated carbocycles. The van der Waals surface area contributed by atoms with Gasteiger partial charge in [0.25, 0.3) is 0 Å². The van der Waals surface area contributed by atoms with Crippen molar-refractivity contribution in [3.8, 4) is 5.75 Å². The Morgan fingerprint density at radius 2 is 2.06 bits per heavy atom. The Labute approximate surface area is 184 Å². The standard InChI is InChI=1S/C23H34N4O4/c1-2-3-4-6-11-26(12-13-28)22(30)8-5-7-14-31-19-9-10-20-18(15-19)16-27-17-21(29)25-23(27)24-20/h9-10,15,28H,2-8,11-14,16-17H2,1H3,(H,24,25,29). The van der Waals surface area contributed by atoms with Crippen molar-refractivity contribution < 1.29 is 19.4 Å². The molecule has 170 valence electrons. The second-order valence-corrected chi connectivity index (χ2v) is 8.10. The number of hydrogen-bond donors (Lipinski definition) is 2. The summed E-state index contributed by atoms with van der Waals surface area (Å²) >= 11 is 0. The van der Waals surface area contributed by atoms with E-state index < -0.39 is 0 Å². The molecule has 1 saturated heterocycles. The molecular weight excluding hydrogens is 396 g/mol. The average molecular weight is 431 g/mol. The van der Waals surface area contributed by atoms with Gasteiger partial charge >= 0.3 is 0 Å². The Balaban J connectivity index is 1.38. The van der Waals surface area contributed by atoms with E-state index in [0.29, 0.717) is 38.6 Å². The van der Waals surface area contributed by atoms with Gasteiger partial charge in [-0.05, 0) is 37.5 Å². The number of aliphatic hydroxyl groups excluding tert-OH is 1. The topological polar surface area (TPSA) is 94.5 Å². The average Bonchev–Trinajstić information content (AvgIpc) is 3.12. The van der Waals surface area contributed by atoms with Gasteiger partial charge in [0.1, 0.15) is 12.3 Å². The van der Waals surface area contributed by atoms with Crippen molar-refractivity contribution in [3.05, 3.63) is 23.8 Å². The molecule has 31 heavy (non-hydrogen) atoms. The number of aliphatic imine (C=N–C) groups is 1. The van der Waals surface area contributed by atoms with Crippen LogP contribution in [0, 0.1) is 0 Å². The Morgan fingerprint density at radius 1 is 1.19 bits per heavy atom. The summed E-state index contributed by atoms with van der Waals surface area (Å²) in [6, 6.07) is 5.77. The van der Waals surface area contributed by atoms with Crippen LogP contribution >= 0.6 is 0 Å². The molecule has 2 N–H and O–H groups in total. The number of benzene rings is 1. The number of nitrogens with one attached hydrogen (secondary N) is 1. The molecule has 0 radical (unpaired) electrons. The second kappa shape index (κ2) is 11.7. The fourth-order valence-electron chi connectivity index (χ4n) is 3.87. The minimum absolute atomic E-state index is 0.00808. The van der Waals surface area contributed by atoms with E-state index in [2.05, 4.69) is 17.2 Å². The van der Waals surface area contributed by atoms with E-state index in [4.69, 9.17) is 4.74 Å². The SMILES string of the molecule is CCCCCCN(CCO)C(=O)CCCCOc1ccc2c(c1)CN1CC(=O)NC1=N2. The number of fused-ring (bicyclic) bond motifs is 2. The van der Waals surface area contributed by atoms with E-state index in [0.717, 1.165) is 49.2 Å². The van der Waals surface area contributed by atoms with Gasteiger partial charge < -0.3 is 19.6 Å². The Kier molecular flexibility index (Phi) is 8.70. The maximum absolute atomic E-state index is 12.4. The normalized spacial score (nSPS) is 14.6. The van der Waals surface area contributed by atoms with E-state index in [-0.39, 0.29) is 18.4 Å². The van der Waals surface area contributed by atoms with Gasteiger partial charge in [0.2, 0.25) is 17.8 Å². The molecule has 8 nitrogen and oxygen atoms in total. The number of carbonyl (C=O) groups is 2. The fraction of sp³-hybridized carbons (Fsp3) is 0.609. The molecule has 8 heteroatoms. The second-order valence-electron chi connectivity index (χ2n) is 8.10. The number of unbranched alkanes of at least 4 members (excludes halogenated alkanes) is 4. The summed E-state index contributed by atoms with van der Waals surface area (Å²) in [7, 11) is 0. The number of rotatable bonds is 13. The summed E-state index contributed by atoms with van der Waals surface area (Å²) in [5.74, 6) is 1.48. The lowest BCUT2D eigenvalue weighted by molar-refractivity contribution is -0.132. The predicted octanol–water partition coefficient (Wildman–Crippen LogP) is 2.57. The lowest BCUT2D eigenvalue weighted by Gasteiger charge is -2.23. The van der Waals surface area contributed by atoms with Crippen LogP contribution in [0.3, 0.4) is 0 Å². The Bertz CT molecular complexity index is 796. The van der Waals surface area contributed by atoms with Crippen molar-refractivity contribution in [2.45, 2.75) is 58.4 Å². The zero-order chi connectivity index (χ0) is 22.1. The van der Waals surface area contributed by atoms with Crippen molar-refractivity contribution in [3.63, 3.8) is 0 Å². The van der Waals surface area contributed by atoms with E-state index >= 15 is 0 Å². The molecule has 2 aliphatic rings. The van der Waals surface area contributed by atoms with Gasteiger partial charge in [-0.15, -0.1) is 0 Å². The van der Waals surface area contributed by atoms with Gasteiger partial charge in [-0.2, -0.15) is 0 Å². The van der Waals surface area contributed by atoms with Gasteiger partial charge in [0, 0.05) is 31.6 Å². The first kappa shape index (κ1) is 23.1. The van der Waals surface area contributed by atoms with E-state index in [1.807, 2.05) is 23.1 Å². The molecule has 1 fully saturated rings. The molecule has 0 atom stereocenters.